The summed E-state index contributed by atoms with van der Waals surface area (Å²) in [5.41, 5.74) is 4.23. The molecule has 0 radical (unpaired) electrons. The van der Waals surface area contributed by atoms with Gasteiger partial charge in [0.1, 0.15) is 5.82 Å². The number of nitrogens with zero attached hydrogens (tertiary/aromatic N) is 2. The molecule has 1 heterocycles. The van der Waals surface area contributed by atoms with Gasteiger partial charge >= 0.3 is 0 Å². The van der Waals surface area contributed by atoms with Gasteiger partial charge in [-0.2, -0.15) is 5.10 Å². The lowest BCUT2D eigenvalue weighted by atomic mass is 10.2. The predicted octanol–water partition coefficient (Wildman–Crippen LogP) is 2.37. The van der Waals surface area contributed by atoms with E-state index in [4.69, 9.17) is 0 Å². The third-order valence-electron chi connectivity index (χ3n) is 2.51. The molecule has 5 heteroatoms. The lowest BCUT2D eigenvalue weighted by Crippen LogP contribution is -2.19. The van der Waals surface area contributed by atoms with E-state index < -0.39 is 0 Å². The molecule has 0 aliphatic heterocycles. The highest BCUT2D eigenvalue weighted by Crippen LogP contribution is 2.03. The Morgan fingerprint density at radius 3 is 2.58 bits per heavy atom. The smallest absolute Gasteiger partial charge is 0.267 e. The number of hydrogen-bond donors (Lipinski definition) is 1. The Kier molecular flexibility index (Phi) is 3.97. The fraction of sp³-hybridized carbons (Fsp3) is 0.0714. The van der Waals surface area contributed by atoms with Gasteiger partial charge in [0.15, 0.2) is 0 Å². The number of aromatic nitrogens is 1. The molecule has 0 saturated heterocycles. The monoisotopic (exact) mass is 257 g/mol. The van der Waals surface area contributed by atoms with Crippen LogP contribution in [0.25, 0.3) is 0 Å². The highest BCUT2D eigenvalue weighted by Gasteiger charge is 2.04. The van der Waals surface area contributed by atoms with Crippen molar-refractivity contribution in [3.05, 3.63) is 65.7 Å². The van der Waals surface area contributed by atoms with E-state index in [1.165, 1.54) is 24.3 Å². The van der Waals surface area contributed by atoms with Crippen LogP contribution in [0.5, 0.6) is 0 Å². The van der Waals surface area contributed by atoms with Gasteiger partial charge in [-0.1, -0.05) is 6.07 Å². The largest absolute Gasteiger partial charge is 0.271 e. The van der Waals surface area contributed by atoms with Gasteiger partial charge in [-0.25, -0.2) is 9.82 Å². The van der Waals surface area contributed by atoms with E-state index in [-0.39, 0.29) is 11.7 Å². The first kappa shape index (κ1) is 12.9. The van der Waals surface area contributed by atoms with Crippen molar-refractivity contribution < 1.29 is 9.18 Å². The second-order valence-electron chi connectivity index (χ2n) is 3.89. The number of pyridine rings is 1. The molecule has 1 amide bonds. The van der Waals surface area contributed by atoms with Crippen molar-refractivity contribution in [1.82, 2.24) is 10.4 Å². The normalized spacial score (nSPS) is 11.2. The molecule has 0 atom stereocenters. The minimum atomic E-state index is -0.386. The number of benzene rings is 1. The van der Waals surface area contributed by atoms with Crippen LogP contribution >= 0.6 is 0 Å². The molecule has 0 bridgehead atoms. The third kappa shape index (κ3) is 3.45. The van der Waals surface area contributed by atoms with Crippen LogP contribution < -0.4 is 5.43 Å². The van der Waals surface area contributed by atoms with E-state index in [1.54, 1.807) is 25.4 Å². The van der Waals surface area contributed by atoms with E-state index in [0.29, 0.717) is 11.3 Å². The molecule has 1 aromatic carbocycles. The molecule has 0 fully saturated rings. The molecule has 0 aliphatic carbocycles. The Balaban J connectivity index is 2.06. The third-order valence-corrected chi connectivity index (χ3v) is 2.51. The van der Waals surface area contributed by atoms with Crippen LogP contribution in [0.3, 0.4) is 0 Å². The average molecular weight is 257 g/mol. The van der Waals surface area contributed by atoms with Crippen LogP contribution in [-0.4, -0.2) is 16.6 Å². The summed E-state index contributed by atoms with van der Waals surface area (Å²) >= 11 is 0. The van der Waals surface area contributed by atoms with Gasteiger partial charge < -0.3 is 0 Å². The fourth-order valence-corrected chi connectivity index (χ4v) is 1.44. The summed E-state index contributed by atoms with van der Waals surface area (Å²) < 4.78 is 12.7. The summed E-state index contributed by atoms with van der Waals surface area (Å²) in [6, 6.07) is 8.89. The number of halogens is 1. The highest BCUT2D eigenvalue weighted by molar-refractivity contribution is 6.00. The lowest BCUT2D eigenvalue weighted by molar-refractivity contribution is 0.0955. The summed E-state index contributed by atoms with van der Waals surface area (Å²) in [5, 5.41) is 3.98. The molecule has 0 aliphatic rings. The minimum Gasteiger partial charge on any atom is -0.267 e. The van der Waals surface area contributed by atoms with Crippen molar-refractivity contribution in [1.29, 1.82) is 0 Å². The van der Waals surface area contributed by atoms with E-state index in [2.05, 4.69) is 15.5 Å². The number of hydrazone groups is 1. The van der Waals surface area contributed by atoms with Crippen LogP contribution in [0.4, 0.5) is 4.39 Å². The maximum atomic E-state index is 12.7. The van der Waals surface area contributed by atoms with Crippen molar-refractivity contribution in [2.75, 3.05) is 0 Å². The SMILES string of the molecule is C/C(=N/NC(=O)c1ccc(F)cc1)c1cccnc1. The van der Waals surface area contributed by atoms with Crippen molar-refractivity contribution in [3.8, 4) is 0 Å². The molecule has 1 aromatic heterocycles. The second kappa shape index (κ2) is 5.86. The summed E-state index contributed by atoms with van der Waals surface area (Å²) in [7, 11) is 0. The van der Waals surface area contributed by atoms with E-state index >= 15 is 0 Å². The number of carbonyl (C=O) groups excluding carboxylic acids is 1. The molecule has 19 heavy (non-hydrogen) atoms. The standard InChI is InChI=1S/C14H12FN3O/c1-10(12-3-2-8-16-9-12)17-18-14(19)11-4-6-13(15)7-5-11/h2-9H,1H3,(H,18,19)/b17-10-. The quantitative estimate of drug-likeness (QED) is 0.678. The van der Waals surface area contributed by atoms with Crippen LogP contribution in [0.1, 0.15) is 22.8 Å². The number of hydrogen-bond acceptors (Lipinski definition) is 3. The van der Waals surface area contributed by atoms with E-state index in [9.17, 15) is 9.18 Å². The number of rotatable bonds is 3. The Bertz CT molecular complexity index is 594. The molecule has 2 rings (SSSR count). The van der Waals surface area contributed by atoms with Crippen molar-refractivity contribution >= 4 is 11.6 Å². The molecule has 0 saturated carbocycles. The van der Waals surface area contributed by atoms with Crippen LogP contribution in [0.15, 0.2) is 53.9 Å². The minimum absolute atomic E-state index is 0.351. The Labute approximate surface area is 110 Å². The predicted molar refractivity (Wildman–Crippen MR) is 70.3 cm³/mol. The maximum Gasteiger partial charge on any atom is 0.271 e. The van der Waals surface area contributed by atoms with Gasteiger partial charge in [-0.05, 0) is 37.3 Å². The molecule has 0 spiro atoms. The van der Waals surface area contributed by atoms with Crippen LogP contribution in [0.2, 0.25) is 0 Å². The van der Waals surface area contributed by atoms with Gasteiger partial charge in [0, 0.05) is 23.5 Å². The maximum absolute atomic E-state index is 12.7. The zero-order valence-electron chi connectivity index (χ0n) is 10.3. The number of nitrogens with one attached hydrogen (secondary N) is 1. The van der Waals surface area contributed by atoms with E-state index in [1.807, 2.05) is 6.07 Å². The summed E-state index contributed by atoms with van der Waals surface area (Å²) in [6.45, 7) is 1.77. The molecule has 0 unspecified atom stereocenters. The first-order valence-corrected chi connectivity index (χ1v) is 5.67. The van der Waals surface area contributed by atoms with Gasteiger partial charge in [-0.15, -0.1) is 0 Å². The molecule has 4 nitrogen and oxygen atoms in total. The Morgan fingerprint density at radius 1 is 1.21 bits per heavy atom. The fourth-order valence-electron chi connectivity index (χ4n) is 1.44. The zero-order valence-corrected chi connectivity index (χ0v) is 10.3. The van der Waals surface area contributed by atoms with Crippen molar-refractivity contribution in [2.24, 2.45) is 5.10 Å². The van der Waals surface area contributed by atoms with Crippen LogP contribution in [-0.2, 0) is 0 Å². The molecule has 96 valence electrons. The van der Waals surface area contributed by atoms with Crippen molar-refractivity contribution in [2.45, 2.75) is 6.92 Å². The Morgan fingerprint density at radius 2 is 1.95 bits per heavy atom. The van der Waals surface area contributed by atoms with E-state index in [0.717, 1.165) is 5.56 Å². The average Bonchev–Trinajstić information content (AvgIpc) is 2.46. The zero-order chi connectivity index (χ0) is 13.7. The van der Waals surface area contributed by atoms with Crippen LogP contribution in [0, 0.1) is 5.82 Å². The molecular weight excluding hydrogens is 245 g/mol. The van der Waals surface area contributed by atoms with Gasteiger partial charge in [0.25, 0.3) is 5.91 Å². The first-order valence-electron chi connectivity index (χ1n) is 5.67. The summed E-state index contributed by atoms with van der Waals surface area (Å²) in [5.74, 6) is -0.769. The van der Waals surface area contributed by atoms with Gasteiger partial charge in [0.2, 0.25) is 0 Å². The van der Waals surface area contributed by atoms with Gasteiger partial charge in [0.05, 0.1) is 5.71 Å². The second-order valence-corrected chi connectivity index (χ2v) is 3.89. The lowest BCUT2D eigenvalue weighted by Gasteiger charge is -2.02. The highest BCUT2D eigenvalue weighted by atomic mass is 19.1. The molecule has 1 N–H and O–H groups in total. The Hall–Kier alpha value is -2.56. The first-order chi connectivity index (χ1) is 9.16. The molecular formula is C14H12FN3O. The van der Waals surface area contributed by atoms with Crippen molar-refractivity contribution in [3.63, 3.8) is 0 Å². The number of carbonyl (C=O) groups is 1. The summed E-state index contributed by atoms with van der Waals surface area (Å²) in [4.78, 5) is 15.7. The van der Waals surface area contributed by atoms with Gasteiger partial charge in [-0.3, -0.25) is 9.78 Å². The summed E-state index contributed by atoms with van der Waals surface area (Å²) in [6.07, 6.45) is 3.32. The topological polar surface area (TPSA) is 54.4 Å². The number of amides is 1. The molecule has 2 aromatic rings.